The molecule has 2 heterocycles. The standard InChI is InChI=1S/C17H22N2O/c1-12-9-15(13(2)20-12)10-18-11-16-8-7-14-5-3-4-6-17(14)19-16/h7-9,18H,3-6,10-11H2,1-2H3. The van der Waals surface area contributed by atoms with E-state index >= 15 is 0 Å². The SMILES string of the molecule is Cc1cc(CNCc2ccc3c(n2)CCCC3)c(C)o1. The minimum atomic E-state index is 0.816. The monoisotopic (exact) mass is 270 g/mol. The van der Waals surface area contributed by atoms with Gasteiger partial charge in [-0.15, -0.1) is 0 Å². The van der Waals surface area contributed by atoms with E-state index in [1.807, 2.05) is 13.8 Å². The number of aromatic nitrogens is 1. The minimum Gasteiger partial charge on any atom is -0.466 e. The Kier molecular flexibility index (Phi) is 3.88. The summed E-state index contributed by atoms with van der Waals surface area (Å²) in [6.07, 6.45) is 4.93. The molecule has 0 fully saturated rings. The molecule has 0 amide bonds. The van der Waals surface area contributed by atoms with E-state index in [4.69, 9.17) is 9.40 Å². The highest BCUT2D eigenvalue weighted by Gasteiger charge is 2.11. The lowest BCUT2D eigenvalue weighted by Gasteiger charge is -2.15. The van der Waals surface area contributed by atoms with Crippen molar-refractivity contribution in [3.8, 4) is 0 Å². The second kappa shape index (κ2) is 5.80. The highest BCUT2D eigenvalue weighted by atomic mass is 16.3. The van der Waals surface area contributed by atoms with E-state index in [1.165, 1.54) is 36.1 Å². The van der Waals surface area contributed by atoms with Gasteiger partial charge in [-0.2, -0.15) is 0 Å². The molecular weight excluding hydrogens is 248 g/mol. The van der Waals surface area contributed by atoms with E-state index in [0.29, 0.717) is 0 Å². The van der Waals surface area contributed by atoms with Crippen LogP contribution in [0, 0.1) is 13.8 Å². The average Bonchev–Trinajstić information content (AvgIpc) is 2.77. The molecule has 1 aliphatic rings. The fourth-order valence-electron chi connectivity index (χ4n) is 2.91. The van der Waals surface area contributed by atoms with Crippen LogP contribution in [-0.2, 0) is 25.9 Å². The predicted octanol–water partition coefficient (Wildman–Crippen LogP) is 3.46. The summed E-state index contributed by atoms with van der Waals surface area (Å²) in [5.74, 6) is 1.99. The van der Waals surface area contributed by atoms with Crippen LogP contribution in [0.15, 0.2) is 22.6 Å². The van der Waals surface area contributed by atoms with Crippen molar-refractivity contribution in [3.63, 3.8) is 0 Å². The van der Waals surface area contributed by atoms with Crippen LogP contribution in [-0.4, -0.2) is 4.98 Å². The van der Waals surface area contributed by atoms with Crippen molar-refractivity contribution in [3.05, 3.63) is 52.2 Å². The Labute approximate surface area is 120 Å². The van der Waals surface area contributed by atoms with E-state index in [9.17, 15) is 0 Å². The van der Waals surface area contributed by atoms with Crippen molar-refractivity contribution in [2.24, 2.45) is 0 Å². The molecule has 1 aliphatic carbocycles. The van der Waals surface area contributed by atoms with Crippen molar-refractivity contribution in [2.75, 3.05) is 0 Å². The molecule has 20 heavy (non-hydrogen) atoms. The van der Waals surface area contributed by atoms with Crippen LogP contribution in [0.1, 0.15) is 46.9 Å². The number of nitrogens with one attached hydrogen (secondary N) is 1. The largest absolute Gasteiger partial charge is 0.466 e. The van der Waals surface area contributed by atoms with Gasteiger partial charge in [-0.25, -0.2) is 0 Å². The molecule has 0 aliphatic heterocycles. The Morgan fingerprint density at radius 3 is 2.80 bits per heavy atom. The molecule has 1 N–H and O–H groups in total. The molecule has 0 saturated heterocycles. The first-order valence-electron chi connectivity index (χ1n) is 7.46. The van der Waals surface area contributed by atoms with Gasteiger partial charge in [-0.05, 0) is 57.2 Å². The predicted molar refractivity (Wildman–Crippen MR) is 79.6 cm³/mol. The van der Waals surface area contributed by atoms with Gasteiger partial charge in [0.25, 0.3) is 0 Å². The highest BCUT2D eigenvalue weighted by molar-refractivity contribution is 5.25. The quantitative estimate of drug-likeness (QED) is 0.924. The maximum atomic E-state index is 5.54. The molecule has 0 saturated carbocycles. The zero-order valence-electron chi connectivity index (χ0n) is 12.3. The molecule has 2 aromatic heterocycles. The van der Waals surface area contributed by atoms with Crippen molar-refractivity contribution >= 4 is 0 Å². The number of aryl methyl sites for hydroxylation is 4. The van der Waals surface area contributed by atoms with Crippen LogP contribution < -0.4 is 5.32 Å². The maximum absolute atomic E-state index is 5.54. The molecule has 0 atom stereocenters. The fraction of sp³-hybridized carbons (Fsp3) is 0.471. The third-order valence-corrected chi connectivity index (χ3v) is 4.00. The van der Waals surface area contributed by atoms with E-state index in [1.54, 1.807) is 0 Å². The summed E-state index contributed by atoms with van der Waals surface area (Å²) in [7, 11) is 0. The Morgan fingerprint density at radius 1 is 1.15 bits per heavy atom. The van der Waals surface area contributed by atoms with Gasteiger partial charge in [0.2, 0.25) is 0 Å². The zero-order chi connectivity index (χ0) is 13.9. The topological polar surface area (TPSA) is 38.1 Å². The maximum Gasteiger partial charge on any atom is 0.105 e. The van der Waals surface area contributed by atoms with Gasteiger partial charge in [-0.1, -0.05) is 6.07 Å². The van der Waals surface area contributed by atoms with Crippen LogP contribution in [0.25, 0.3) is 0 Å². The Morgan fingerprint density at radius 2 is 2.00 bits per heavy atom. The van der Waals surface area contributed by atoms with Gasteiger partial charge in [-0.3, -0.25) is 4.98 Å². The van der Waals surface area contributed by atoms with Crippen molar-refractivity contribution in [1.82, 2.24) is 10.3 Å². The molecule has 106 valence electrons. The second-order valence-corrected chi connectivity index (χ2v) is 5.66. The zero-order valence-corrected chi connectivity index (χ0v) is 12.3. The molecular formula is C17H22N2O. The molecule has 0 unspecified atom stereocenters. The third kappa shape index (κ3) is 2.93. The number of hydrogen-bond acceptors (Lipinski definition) is 3. The lowest BCUT2D eigenvalue weighted by atomic mass is 9.96. The molecule has 0 bridgehead atoms. The molecule has 0 spiro atoms. The first-order valence-corrected chi connectivity index (χ1v) is 7.46. The van der Waals surface area contributed by atoms with E-state index in [0.717, 1.165) is 36.7 Å². The minimum absolute atomic E-state index is 0.816. The number of fused-ring (bicyclic) bond motifs is 1. The number of rotatable bonds is 4. The summed E-state index contributed by atoms with van der Waals surface area (Å²) in [5, 5.41) is 3.46. The van der Waals surface area contributed by atoms with E-state index in [-0.39, 0.29) is 0 Å². The van der Waals surface area contributed by atoms with Gasteiger partial charge in [0, 0.05) is 24.3 Å². The van der Waals surface area contributed by atoms with Crippen molar-refractivity contribution in [1.29, 1.82) is 0 Å². The molecule has 2 aromatic rings. The molecule has 3 heteroatoms. The van der Waals surface area contributed by atoms with Crippen molar-refractivity contribution in [2.45, 2.75) is 52.6 Å². The van der Waals surface area contributed by atoms with Gasteiger partial charge < -0.3 is 9.73 Å². The summed E-state index contributed by atoms with van der Waals surface area (Å²) < 4.78 is 5.54. The van der Waals surface area contributed by atoms with Gasteiger partial charge in [0.1, 0.15) is 11.5 Å². The normalized spacial score (nSPS) is 14.3. The summed E-state index contributed by atoms with van der Waals surface area (Å²) in [6.45, 7) is 5.65. The average molecular weight is 270 g/mol. The Bertz CT molecular complexity index is 601. The van der Waals surface area contributed by atoms with Crippen LogP contribution in [0.5, 0.6) is 0 Å². The number of furan rings is 1. The van der Waals surface area contributed by atoms with Crippen LogP contribution in [0.4, 0.5) is 0 Å². The smallest absolute Gasteiger partial charge is 0.105 e. The summed E-state index contributed by atoms with van der Waals surface area (Å²) in [5.41, 5.74) is 5.14. The molecule has 0 aromatic carbocycles. The summed E-state index contributed by atoms with van der Waals surface area (Å²) in [4.78, 5) is 4.79. The van der Waals surface area contributed by atoms with E-state index in [2.05, 4.69) is 23.5 Å². The number of hydrogen-bond donors (Lipinski definition) is 1. The highest BCUT2D eigenvalue weighted by Crippen LogP contribution is 2.19. The fourth-order valence-corrected chi connectivity index (χ4v) is 2.91. The second-order valence-electron chi connectivity index (χ2n) is 5.66. The molecule has 0 radical (unpaired) electrons. The van der Waals surface area contributed by atoms with E-state index < -0.39 is 0 Å². The molecule has 3 rings (SSSR count). The first-order chi connectivity index (χ1) is 9.72. The lowest BCUT2D eigenvalue weighted by Crippen LogP contribution is -2.15. The lowest BCUT2D eigenvalue weighted by molar-refractivity contribution is 0.498. The Hall–Kier alpha value is -1.61. The number of pyridine rings is 1. The van der Waals surface area contributed by atoms with Crippen LogP contribution >= 0.6 is 0 Å². The summed E-state index contributed by atoms with van der Waals surface area (Å²) >= 11 is 0. The summed E-state index contributed by atoms with van der Waals surface area (Å²) in [6, 6.07) is 6.51. The van der Waals surface area contributed by atoms with Crippen LogP contribution in [0.3, 0.4) is 0 Å². The third-order valence-electron chi connectivity index (χ3n) is 4.00. The van der Waals surface area contributed by atoms with Gasteiger partial charge in [0.05, 0.1) is 5.69 Å². The number of nitrogens with zero attached hydrogens (tertiary/aromatic N) is 1. The van der Waals surface area contributed by atoms with Gasteiger partial charge in [0.15, 0.2) is 0 Å². The molecule has 3 nitrogen and oxygen atoms in total. The first kappa shape index (κ1) is 13.4. The van der Waals surface area contributed by atoms with Gasteiger partial charge >= 0.3 is 0 Å². The Balaban J connectivity index is 1.60. The van der Waals surface area contributed by atoms with Crippen LogP contribution in [0.2, 0.25) is 0 Å². The van der Waals surface area contributed by atoms with Crippen molar-refractivity contribution < 1.29 is 4.42 Å².